The van der Waals surface area contributed by atoms with Crippen molar-refractivity contribution in [3.63, 3.8) is 0 Å². The first kappa shape index (κ1) is 18.3. The van der Waals surface area contributed by atoms with Crippen LogP contribution in [0.2, 0.25) is 0 Å². The molecule has 1 aliphatic rings. The summed E-state index contributed by atoms with van der Waals surface area (Å²) in [6.07, 6.45) is 5.48. The first-order chi connectivity index (χ1) is 14.0. The normalized spacial score (nSPS) is 15.8. The lowest BCUT2D eigenvalue weighted by Gasteiger charge is -2.13. The minimum absolute atomic E-state index is 0.285. The highest BCUT2D eigenvalue weighted by molar-refractivity contribution is 6.18. The number of benzene rings is 1. The van der Waals surface area contributed by atoms with E-state index in [2.05, 4.69) is 16.2 Å². The van der Waals surface area contributed by atoms with Gasteiger partial charge in [-0.25, -0.2) is 14.1 Å². The summed E-state index contributed by atoms with van der Waals surface area (Å²) in [7, 11) is 1.61. The number of rotatable bonds is 3. The third-order valence-corrected chi connectivity index (χ3v) is 4.60. The quantitative estimate of drug-likeness (QED) is 0.690. The molecule has 29 heavy (non-hydrogen) atoms. The third kappa shape index (κ3) is 3.30. The Kier molecular flexibility index (Phi) is 4.49. The van der Waals surface area contributed by atoms with E-state index in [1.807, 2.05) is 0 Å². The molecule has 2 aromatic heterocycles. The van der Waals surface area contributed by atoms with Crippen molar-refractivity contribution in [3.05, 3.63) is 76.5 Å². The average Bonchev–Trinajstić information content (AvgIpc) is 3.21. The first-order valence-electron chi connectivity index (χ1n) is 8.67. The number of carbonyl (C=O) groups is 1. The second kappa shape index (κ2) is 7.13. The molecule has 0 radical (unpaired) electrons. The summed E-state index contributed by atoms with van der Waals surface area (Å²) >= 11 is 0. The number of dihydropyridines is 1. The lowest BCUT2D eigenvalue weighted by Crippen LogP contribution is -2.19. The number of hydrogen-bond donors (Lipinski definition) is 0. The Morgan fingerprint density at radius 2 is 1.97 bits per heavy atom. The van der Waals surface area contributed by atoms with E-state index in [0.717, 1.165) is 6.08 Å². The molecule has 3 heterocycles. The number of pyridine rings is 1. The van der Waals surface area contributed by atoms with Crippen LogP contribution in [0.25, 0.3) is 22.4 Å². The van der Waals surface area contributed by atoms with E-state index in [-0.39, 0.29) is 5.56 Å². The van der Waals surface area contributed by atoms with Crippen LogP contribution in [0.3, 0.4) is 0 Å². The SMILES string of the molecule is Cn1cc(-c2cnn(-c3ccccc3C#N)c2)c(C2=CC(F)C(=O)N=C2)cc1=O. The maximum absolute atomic E-state index is 13.9. The van der Waals surface area contributed by atoms with E-state index >= 15 is 0 Å². The molecular weight excluding hydrogens is 373 g/mol. The molecule has 0 aliphatic carbocycles. The maximum atomic E-state index is 13.9. The van der Waals surface area contributed by atoms with E-state index in [4.69, 9.17) is 0 Å². The lowest BCUT2D eigenvalue weighted by molar-refractivity contribution is -0.120. The fourth-order valence-electron chi connectivity index (χ4n) is 3.10. The Labute approximate surface area is 164 Å². The van der Waals surface area contributed by atoms with E-state index in [1.165, 1.54) is 16.8 Å². The molecule has 0 N–H and O–H groups in total. The molecule has 1 aliphatic heterocycles. The van der Waals surface area contributed by atoms with Gasteiger partial charge in [-0.3, -0.25) is 9.59 Å². The Bertz CT molecular complexity index is 1290. The molecule has 1 amide bonds. The van der Waals surface area contributed by atoms with Crippen LogP contribution in [0.4, 0.5) is 4.39 Å². The van der Waals surface area contributed by atoms with Crippen molar-refractivity contribution < 1.29 is 9.18 Å². The van der Waals surface area contributed by atoms with E-state index in [9.17, 15) is 19.2 Å². The number of hydrogen-bond acceptors (Lipinski definition) is 4. The van der Waals surface area contributed by atoms with Gasteiger partial charge in [0.2, 0.25) is 0 Å². The monoisotopic (exact) mass is 387 g/mol. The summed E-state index contributed by atoms with van der Waals surface area (Å²) in [5.41, 5.74) is 2.85. The van der Waals surface area contributed by atoms with Crippen LogP contribution >= 0.6 is 0 Å². The van der Waals surface area contributed by atoms with Gasteiger partial charge in [-0.05, 0) is 23.8 Å². The van der Waals surface area contributed by atoms with Gasteiger partial charge in [0, 0.05) is 48.4 Å². The van der Waals surface area contributed by atoms with Crippen molar-refractivity contribution >= 4 is 17.7 Å². The highest BCUT2D eigenvalue weighted by Gasteiger charge is 2.21. The molecule has 0 fully saturated rings. The summed E-state index contributed by atoms with van der Waals surface area (Å²) < 4.78 is 16.8. The van der Waals surface area contributed by atoms with Gasteiger partial charge in [0.05, 0.1) is 17.4 Å². The van der Waals surface area contributed by atoms with Gasteiger partial charge in [0.15, 0.2) is 6.17 Å². The molecule has 0 bridgehead atoms. The number of carbonyl (C=O) groups excluding carboxylic acids is 1. The van der Waals surface area contributed by atoms with Crippen LogP contribution < -0.4 is 5.56 Å². The Hall–Kier alpha value is -4.12. The van der Waals surface area contributed by atoms with E-state index < -0.39 is 12.1 Å². The van der Waals surface area contributed by atoms with E-state index in [0.29, 0.717) is 33.5 Å². The van der Waals surface area contributed by atoms with Crippen LogP contribution in [0.15, 0.2) is 64.8 Å². The fraction of sp³-hybridized carbons (Fsp3) is 0.0952. The number of para-hydroxylation sites is 1. The highest BCUT2D eigenvalue weighted by Crippen LogP contribution is 2.29. The number of halogens is 1. The molecule has 142 valence electrons. The molecule has 1 unspecified atom stereocenters. The molecule has 0 saturated heterocycles. The smallest absolute Gasteiger partial charge is 0.284 e. The van der Waals surface area contributed by atoms with Gasteiger partial charge in [-0.2, -0.15) is 10.4 Å². The minimum atomic E-state index is -1.85. The molecule has 8 heteroatoms. The van der Waals surface area contributed by atoms with Crippen LogP contribution in [0.5, 0.6) is 0 Å². The molecule has 1 atom stereocenters. The Morgan fingerprint density at radius 3 is 2.72 bits per heavy atom. The second-order valence-corrected chi connectivity index (χ2v) is 6.47. The van der Waals surface area contributed by atoms with Crippen LogP contribution in [0, 0.1) is 11.3 Å². The summed E-state index contributed by atoms with van der Waals surface area (Å²) in [4.78, 5) is 27.1. The maximum Gasteiger partial charge on any atom is 0.284 e. The number of nitriles is 1. The van der Waals surface area contributed by atoms with Gasteiger partial charge in [0.1, 0.15) is 6.07 Å². The fourth-order valence-corrected chi connectivity index (χ4v) is 3.10. The van der Waals surface area contributed by atoms with Gasteiger partial charge >= 0.3 is 0 Å². The summed E-state index contributed by atoms with van der Waals surface area (Å²) in [6.45, 7) is 0. The number of aliphatic imine (C=N–C) groups is 1. The van der Waals surface area contributed by atoms with Crippen molar-refractivity contribution in [2.75, 3.05) is 0 Å². The number of alkyl halides is 1. The van der Waals surface area contributed by atoms with Crippen LogP contribution in [-0.2, 0) is 11.8 Å². The standard InChI is InChI=1S/C21H14FN5O2/c1-26-12-17(16(7-20(26)28)14-6-18(22)21(29)24-9-14)15-10-25-27(11-15)19-5-3-2-4-13(19)8-23/h2-7,9-12,18H,1H3. The molecule has 0 spiro atoms. The highest BCUT2D eigenvalue weighted by atomic mass is 19.1. The van der Waals surface area contributed by atoms with Crippen LogP contribution in [-0.4, -0.2) is 32.6 Å². The average molecular weight is 387 g/mol. The van der Waals surface area contributed by atoms with Gasteiger partial charge in [0.25, 0.3) is 11.5 Å². The predicted octanol–water partition coefficient (Wildman–Crippen LogP) is 2.44. The number of nitrogens with zero attached hydrogens (tertiary/aromatic N) is 5. The van der Waals surface area contributed by atoms with Gasteiger partial charge < -0.3 is 4.57 Å². The number of amides is 1. The molecule has 3 aromatic rings. The number of allylic oxidation sites excluding steroid dienone is 1. The zero-order chi connectivity index (χ0) is 20.5. The van der Waals surface area contributed by atoms with Crippen LogP contribution in [0.1, 0.15) is 11.1 Å². The number of aromatic nitrogens is 3. The van der Waals surface area contributed by atoms with Crippen molar-refractivity contribution in [2.24, 2.45) is 12.0 Å². The first-order valence-corrected chi connectivity index (χ1v) is 8.67. The zero-order valence-electron chi connectivity index (χ0n) is 15.3. The minimum Gasteiger partial charge on any atom is -0.318 e. The molecule has 4 rings (SSSR count). The zero-order valence-corrected chi connectivity index (χ0v) is 15.3. The van der Waals surface area contributed by atoms with Crippen molar-refractivity contribution in [1.29, 1.82) is 5.26 Å². The van der Waals surface area contributed by atoms with E-state index in [1.54, 1.807) is 54.6 Å². The predicted molar refractivity (Wildman–Crippen MR) is 105 cm³/mol. The largest absolute Gasteiger partial charge is 0.318 e. The third-order valence-electron chi connectivity index (χ3n) is 4.60. The topological polar surface area (TPSA) is 93.0 Å². The summed E-state index contributed by atoms with van der Waals surface area (Å²) in [6, 6.07) is 10.5. The molecular formula is C21H14FN5O2. The molecule has 7 nitrogen and oxygen atoms in total. The lowest BCUT2D eigenvalue weighted by atomic mass is 9.96. The van der Waals surface area contributed by atoms with Crippen molar-refractivity contribution in [2.45, 2.75) is 6.17 Å². The van der Waals surface area contributed by atoms with Crippen molar-refractivity contribution in [1.82, 2.24) is 14.3 Å². The Balaban J connectivity index is 1.86. The van der Waals surface area contributed by atoms with Gasteiger partial charge in [-0.15, -0.1) is 0 Å². The molecule has 1 aromatic carbocycles. The molecule has 0 saturated carbocycles. The number of aryl methyl sites for hydroxylation is 1. The summed E-state index contributed by atoms with van der Waals surface area (Å²) in [5.74, 6) is -0.875. The van der Waals surface area contributed by atoms with Gasteiger partial charge in [-0.1, -0.05) is 12.1 Å². The summed E-state index contributed by atoms with van der Waals surface area (Å²) in [5, 5.41) is 13.7. The Morgan fingerprint density at radius 1 is 1.17 bits per heavy atom. The second-order valence-electron chi connectivity index (χ2n) is 6.47. The van der Waals surface area contributed by atoms with Crippen molar-refractivity contribution in [3.8, 4) is 22.9 Å².